The Kier molecular flexibility index (Phi) is 4.32. The van der Waals surface area contributed by atoms with Crippen molar-refractivity contribution in [2.45, 2.75) is 0 Å². The van der Waals surface area contributed by atoms with Crippen molar-refractivity contribution in [2.24, 2.45) is 0 Å². The summed E-state index contributed by atoms with van der Waals surface area (Å²) in [5.74, 6) is 0.624. The molecule has 0 aliphatic rings. The highest BCUT2D eigenvalue weighted by molar-refractivity contribution is 5.95. The molecule has 9 nitrogen and oxygen atoms in total. The Morgan fingerprint density at radius 1 is 0.788 bits per heavy atom. The summed E-state index contributed by atoms with van der Waals surface area (Å²) in [5, 5.41) is 7.57. The smallest absolute Gasteiger partial charge is 0.161 e. The molecular formula is C24H19N9. The lowest BCUT2D eigenvalue weighted by atomic mass is 10.1. The van der Waals surface area contributed by atoms with E-state index in [1.807, 2.05) is 61.7 Å². The molecule has 0 spiro atoms. The molecule has 6 heterocycles. The van der Waals surface area contributed by atoms with Crippen LogP contribution in [0.1, 0.15) is 0 Å². The van der Waals surface area contributed by atoms with Gasteiger partial charge in [0, 0.05) is 50.0 Å². The van der Waals surface area contributed by atoms with Crippen LogP contribution >= 0.6 is 0 Å². The van der Waals surface area contributed by atoms with Gasteiger partial charge in [-0.25, -0.2) is 9.97 Å². The summed E-state index contributed by atoms with van der Waals surface area (Å²) in [7, 11) is 3.98. The molecule has 160 valence electrons. The second-order valence-corrected chi connectivity index (χ2v) is 7.87. The van der Waals surface area contributed by atoms with Crippen molar-refractivity contribution < 1.29 is 0 Å². The molecule has 0 amide bonds. The van der Waals surface area contributed by atoms with Crippen molar-refractivity contribution in [1.82, 2.24) is 40.1 Å². The molecule has 0 fully saturated rings. The highest BCUT2D eigenvalue weighted by atomic mass is 15.2. The number of rotatable bonds is 4. The van der Waals surface area contributed by atoms with Gasteiger partial charge in [-0.2, -0.15) is 5.10 Å². The second kappa shape index (κ2) is 7.49. The first kappa shape index (κ1) is 19.1. The van der Waals surface area contributed by atoms with Crippen LogP contribution in [0.2, 0.25) is 0 Å². The van der Waals surface area contributed by atoms with Gasteiger partial charge < -0.3 is 9.88 Å². The van der Waals surface area contributed by atoms with Crippen molar-refractivity contribution in [1.29, 1.82) is 0 Å². The minimum atomic E-state index is 0.624. The molecule has 33 heavy (non-hydrogen) atoms. The van der Waals surface area contributed by atoms with E-state index in [2.05, 4.69) is 36.2 Å². The molecule has 0 bridgehead atoms. The van der Waals surface area contributed by atoms with Crippen LogP contribution in [-0.2, 0) is 0 Å². The number of nitrogens with zero attached hydrogens (tertiary/aromatic N) is 7. The fraction of sp³-hybridized carbons (Fsp3) is 0.0833. The van der Waals surface area contributed by atoms with E-state index in [-0.39, 0.29) is 0 Å². The maximum atomic E-state index is 4.90. The standard InChI is InChI=1S/C24H19N9/c1-33(2)16-10-15(12-26-13-16)17-5-6-19-22(28-17)23(32-31-19)24-29-18-7-9-27-20(21(18)30-24)14-4-3-8-25-11-14/h3-13H,1-2H3,(H,29,30)(H,31,32). The quantitative estimate of drug-likeness (QED) is 0.431. The number of fused-ring (bicyclic) bond motifs is 2. The Bertz CT molecular complexity index is 1600. The molecule has 0 atom stereocenters. The number of aromatic amines is 2. The lowest BCUT2D eigenvalue weighted by Gasteiger charge is -2.12. The molecule has 6 aromatic rings. The van der Waals surface area contributed by atoms with E-state index in [1.165, 1.54) is 0 Å². The van der Waals surface area contributed by atoms with E-state index in [0.29, 0.717) is 11.5 Å². The van der Waals surface area contributed by atoms with E-state index >= 15 is 0 Å². The molecule has 6 aromatic heterocycles. The molecule has 0 aliphatic carbocycles. The van der Waals surface area contributed by atoms with Crippen molar-refractivity contribution >= 4 is 27.8 Å². The molecule has 0 unspecified atom stereocenters. The van der Waals surface area contributed by atoms with Gasteiger partial charge in [0.1, 0.15) is 11.0 Å². The molecule has 9 heteroatoms. The van der Waals surface area contributed by atoms with Crippen LogP contribution in [0.3, 0.4) is 0 Å². The maximum absolute atomic E-state index is 4.90. The van der Waals surface area contributed by atoms with Gasteiger partial charge in [-0.05, 0) is 36.4 Å². The first-order valence-electron chi connectivity index (χ1n) is 10.4. The van der Waals surface area contributed by atoms with E-state index in [0.717, 1.165) is 50.3 Å². The van der Waals surface area contributed by atoms with Crippen molar-refractivity contribution in [3.63, 3.8) is 0 Å². The predicted molar refractivity (Wildman–Crippen MR) is 128 cm³/mol. The maximum Gasteiger partial charge on any atom is 0.161 e. The third kappa shape index (κ3) is 3.26. The zero-order chi connectivity index (χ0) is 22.4. The average molecular weight is 433 g/mol. The molecule has 2 N–H and O–H groups in total. The van der Waals surface area contributed by atoms with Crippen LogP contribution in [0, 0.1) is 0 Å². The second-order valence-electron chi connectivity index (χ2n) is 7.87. The van der Waals surface area contributed by atoms with Crippen molar-refractivity contribution in [2.75, 3.05) is 19.0 Å². The van der Waals surface area contributed by atoms with Gasteiger partial charge in [-0.15, -0.1) is 0 Å². The number of H-pyrrole nitrogens is 2. The molecule has 0 radical (unpaired) electrons. The fourth-order valence-corrected chi connectivity index (χ4v) is 3.80. The van der Waals surface area contributed by atoms with E-state index in [9.17, 15) is 0 Å². The monoisotopic (exact) mass is 433 g/mol. The first-order valence-corrected chi connectivity index (χ1v) is 10.4. The van der Waals surface area contributed by atoms with Crippen molar-refractivity contribution in [3.05, 3.63) is 67.4 Å². The molecule has 0 saturated heterocycles. The first-order chi connectivity index (χ1) is 16.2. The predicted octanol–water partition coefficient (Wildman–Crippen LogP) is 4.09. The summed E-state index contributed by atoms with van der Waals surface area (Å²) in [6.45, 7) is 0. The minimum Gasteiger partial charge on any atom is -0.376 e. The Morgan fingerprint density at radius 2 is 1.67 bits per heavy atom. The highest BCUT2D eigenvalue weighted by Crippen LogP contribution is 2.30. The van der Waals surface area contributed by atoms with E-state index in [4.69, 9.17) is 9.97 Å². The van der Waals surface area contributed by atoms with Gasteiger partial charge in [-0.3, -0.25) is 20.1 Å². The number of imidazole rings is 1. The Hall–Kier alpha value is -4.66. The summed E-state index contributed by atoms with van der Waals surface area (Å²) >= 11 is 0. The third-order valence-electron chi connectivity index (χ3n) is 5.50. The molecule has 0 saturated carbocycles. The van der Waals surface area contributed by atoms with Gasteiger partial charge in [-0.1, -0.05) is 0 Å². The summed E-state index contributed by atoms with van der Waals surface area (Å²) in [6, 6.07) is 11.8. The SMILES string of the molecule is CN(C)c1cncc(-c2ccc3[nH]nc(-c4nc5c(-c6cccnc6)nccc5[nH]4)c3n2)c1. The molecule has 6 rings (SSSR count). The topological polar surface area (TPSA) is 112 Å². The Balaban J connectivity index is 1.48. The van der Waals surface area contributed by atoms with E-state index < -0.39 is 0 Å². The van der Waals surface area contributed by atoms with Gasteiger partial charge in [0.2, 0.25) is 0 Å². The Labute approximate surface area is 188 Å². The van der Waals surface area contributed by atoms with Crippen LogP contribution in [0.4, 0.5) is 5.69 Å². The molecule has 0 aromatic carbocycles. The largest absolute Gasteiger partial charge is 0.376 e. The van der Waals surface area contributed by atoms with E-state index in [1.54, 1.807) is 18.6 Å². The number of nitrogens with one attached hydrogen (secondary N) is 2. The lowest BCUT2D eigenvalue weighted by Crippen LogP contribution is -2.08. The summed E-state index contributed by atoms with van der Waals surface area (Å²) < 4.78 is 0. The van der Waals surface area contributed by atoms with Crippen molar-refractivity contribution in [3.8, 4) is 34.0 Å². The lowest BCUT2D eigenvalue weighted by molar-refractivity contribution is 1.10. The molecular weight excluding hydrogens is 414 g/mol. The van der Waals surface area contributed by atoms with Crippen LogP contribution < -0.4 is 4.90 Å². The zero-order valence-electron chi connectivity index (χ0n) is 18.0. The van der Waals surface area contributed by atoms with Crippen LogP contribution in [0.25, 0.3) is 56.1 Å². The van der Waals surface area contributed by atoms with Gasteiger partial charge >= 0.3 is 0 Å². The normalized spacial score (nSPS) is 11.3. The zero-order valence-corrected chi connectivity index (χ0v) is 18.0. The van der Waals surface area contributed by atoms with Gasteiger partial charge in [0.25, 0.3) is 0 Å². The summed E-state index contributed by atoms with van der Waals surface area (Å²) in [5.41, 5.74) is 8.27. The van der Waals surface area contributed by atoms with Crippen LogP contribution in [0.5, 0.6) is 0 Å². The third-order valence-corrected chi connectivity index (χ3v) is 5.50. The molecule has 0 aliphatic heterocycles. The number of hydrogen-bond acceptors (Lipinski definition) is 7. The van der Waals surface area contributed by atoms with Crippen LogP contribution in [0.15, 0.2) is 67.4 Å². The fourth-order valence-electron chi connectivity index (χ4n) is 3.80. The highest BCUT2D eigenvalue weighted by Gasteiger charge is 2.17. The van der Waals surface area contributed by atoms with Gasteiger partial charge in [0.05, 0.1) is 34.3 Å². The van der Waals surface area contributed by atoms with Gasteiger partial charge in [0.15, 0.2) is 11.5 Å². The summed E-state index contributed by atoms with van der Waals surface area (Å²) in [4.78, 5) is 28.2. The minimum absolute atomic E-state index is 0.624. The summed E-state index contributed by atoms with van der Waals surface area (Å²) in [6.07, 6.45) is 8.92. The van der Waals surface area contributed by atoms with Crippen LogP contribution in [-0.4, -0.2) is 54.2 Å². The number of aromatic nitrogens is 8. The number of pyridine rings is 4. The number of hydrogen-bond donors (Lipinski definition) is 2. The average Bonchev–Trinajstić information content (AvgIpc) is 3.48. The number of anilines is 1. The Morgan fingerprint density at radius 3 is 2.52 bits per heavy atom.